The number of ether oxygens (including phenoxy) is 4. The number of anilines is 7. The largest absolute Gasteiger partial charge is 0.475 e. The Bertz CT molecular complexity index is 5410. The number of carbonyl (C=O) groups is 7. The third-order valence-electron chi connectivity index (χ3n) is 16.1. The van der Waals surface area contributed by atoms with E-state index in [-0.39, 0.29) is 88.7 Å². The molecule has 4 aromatic heterocycles. The molecule has 0 atom stereocenters. The first kappa shape index (κ1) is 78.1. The molecule has 8 N–H and O–H groups in total. The van der Waals surface area contributed by atoms with Crippen molar-refractivity contribution < 1.29 is 56.9 Å². The fraction of sp³-hybridized carbons (Fsp3) is 0.222. The molecule has 0 bridgehead atoms. The molecule has 1 saturated carbocycles. The van der Waals surface area contributed by atoms with Crippen LogP contribution >= 0.6 is 0 Å². The van der Waals surface area contributed by atoms with Crippen molar-refractivity contribution in [2.24, 2.45) is 0 Å². The van der Waals surface area contributed by atoms with Crippen molar-refractivity contribution in [2.45, 2.75) is 100 Å². The molecule has 109 heavy (non-hydrogen) atoms. The summed E-state index contributed by atoms with van der Waals surface area (Å²) < 4.78 is 36.0. The van der Waals surface area contributed by atoms with E-state index in [9.17, 15) is 42.7 Å². The molecule has 1 aliphatic carbocycles. The Morgan fingerprint density at radius 2 is 0.734 bits per heavy atom. The van der Waals surface area contributed by atoms with Crippen LogP contribution in [0.4, 0.5) is 45.2 Å². The summed E-state index contributed by atoms with van der Waals surface area (Å²) in [4.78, 5) is 124. The lowest BCUT2D eigenvalue weighted by Crippen LogP contribution is -2.16. The van der Waals surface area contributed by atoms with E-state index in [1.807, 2.05) is 135 Å². The molecule has 0 aliphatic heterocycles. The van der Waals surface area contributed by atoms with E-state index in [1.54, 1.807) is 43.5 Å². The smallest absolute Gasteiger partial charge is 0.260 e. The third kappa shape index (κ3) is 22.3. The molecule has 7 amide bonds. The van der Waals surface area contributed by atoms with Crippen molar-refractivity contribution in [1.29, 1.82) is 0 Å². The number of halogens is 1. The van der Waals surface area contributed by atoms with Gasteiger partial charge in [0.1, 0.15) is 18.5 Å². The Morgan fingerprint density at radius 3 is 1.11 bits per heavy atom. The minimum absolute atomic E-state index is 0.0797. The lowest BCUT2D eigenvalue weighted by atomic mass is 10.0. The van der Waals surface area contributed by atoms with Crippen LogP contribution in [-0.4, -0.2) is 114 Å². The highest BCUT2D eigenvalue weighted by Crippen LogP contribution is 2.36. The summed E-state index contributed by atoms with van der Waals surface area (Å²) in [7, 11) is 1.59. The van der Waals surface area contributed by atoms with Gasteiger partial charge in [0.15, 0.2) is 0 Å². The number of aromatic nitrogens is 8. The van der Waals surface area contributed by atoms with E-state index in [1.165, 1.54) is 60.6 Å². The Kier molecular flexibility index (Phi) is 26.1. The summed E-state index contributed by atoms with van der Waals surface area (Å²) in [5.41, 5.74) is 11.8. The van der Waals surface area contributed by atoms with Crippen molar-refractivity contribution in [2.75, 3.05) is 57.5 Å². The molecule has 558 valence electrons. The van der Waals surface area contributed by atoms with Gasteiger partial charge in [-0.15, -0.1) is 0 Å². The van der Waals surface area contributed by atoms with Crippen LogP contribution in [0.25, 0.3) is 88.1 Å². The maximum Gasteiger partial charge on any atom is 0.260 e. The van der Waals surface area contributed by atoms with Crippen LogP contribution in [0.15, 0.2) is 175 Å². The molecule has 12 aromatic rings. The topological polar surface area (TPSA) is 364 Å². The van der Waals surface area contributed by atoms with Gasteiger partial charge in [0, 0.05) is 72.6 Å². The van der Waals surface area contributed by atoms with Crippen LogP contribution in [0.3, 0.4) is 0 Å². The number of benzene rings is 8. The first-order valence-electron chi connectivity index (χ1n) is 34.7. The lowest BCUT2D eigenvalue weighted by Gasteiger charge is -2.15. The standard InChI is InChI=1S/C21H20FN3O2.C21H22N4O4.C21H22N4O3.C18H16N4O3/c1-13(26)23-21-24-19-11-8-15(14-6-9-16(22)10-7-14)12-18(19)20(25-21)27-17-4-2-3-5-17;1-13(26)22-17-7-4-15(5-8-17)16-6-9-19-18(12-16)20(29-11-10-28-3)25-21(24-19)23-14(2)27;1-12(2)28-20-18-11-16(15-5-8-17(9-6-15)22-13(3)26)7-10-19(18)24-21(25-20)23-14(4)27;1-10(23)19-14-6-3-12(4-7-14)13-5-8-16-15(9-13)17(25)22-18(21-16)20-11(2)24/h6-12,17H,2-5H2,1H3,(H,23,24,25,26);4-9,12H,10-11H2,1-3H3,(H,22,26)(H,23,24,25,27);5-12H,1-4H3,(H,22,26)(H,23,24,25,27);3-9H,1-2H3,(H,19,23)(H2,20,21,22,24,25). The van der Waals surface area contributed by atoms with Gasteiger partial charge < -0.3 is 34.9 Å². The van der Waals surface area contributed by atoms with Crippen LogP contribution in [0, 0.1) is 5.82 Å². The number of hydrogen-bond donors (Lipinski definition) is 8. The maximum atomic E-state index is 13.2. The third-order valence-corrected chi connectivity index (χ3v) is 16.1. The minimum atomic E-state index is -0.328. The molecule has 8 aromatic carbocycles. The van der Waals surface area contributed by atoms with E-state index in [0.717, 1.165) is 97.7 Å². The normalized spacial score (nSPS) is 11.6. The van der Waals surface area contributed by atoms with Crippen molar-refractivity contribution >= 4 is 126 Å². The fourth-order valence-electron chi connectivity index (χ4n) is 11.4. The molecular formula is C81H80FN15O12. The number of methoxy groups -OCH3 is 1. The second kappa shape index (κ2) is 36.5. The van der Waals surface area contributed by atoms with E-state index in [2.05, 4.69) is 77.1 Å². The van der Waals surface area contributed by atoms with Gasteiger partial charge in [-0.05, 0) is 181 Å². The summed E-state index contributed by atoms with van der Waals surface area (Å²) in [5.74, 6) is 0.334. The van der Waals surface area contributed by atoms with Crippen LogP contribution < -0.4 is 57.0 Å². The molecule has 0 radical (unpaired) electrons. The summed E-state index contributed by atoms with van der Waals surface area (Å²) in [5, 5.41) is 21.2. The SMILES string of the molecule is CC(=O)Nc1ccc(-c2ccc3nc(NC(C)=O)[nH]c(=O)c3c2)cc1.CC(=O)Nc1ccc(-c2ccc3nc(NC(C)=O)nc(OC(C)C)c3c2)cc1.CC(=O)Nc1nc(OC2CCCC2)c2cc(-c3ccc(F)cc3)ccc2n1.COCCOc1nc(NC(C)=O)nc2ccc(-c3ccc(NC(C)=O)cc3)cc12. The molecule has 1 aliphatic rings. The first-order valence-corrected chi connectivity index (χ1v) is 34.7. The maximum absolute atomic E-state index is 13.2. The average Bonchev–Trinajstić information content (AvgIpc) is 1.22. The number of carbonyl (C=O) groups excluding carboxylic acids is 7. The zero-order valence-corrected chi connectivity index (χ0v) is 61.5. The van der Waals surface area contributed by atoms with Gasteiger partial charge in [-0.3, -0.25) is 64.6 Å². The number of fused-ring (bicyclic) bond motifs is 4. The molecule has 4 heterocycles. The zero-order chi connectivity index (χ0) is 77.8. The highest BCUT2D eigenvalue weighted by atomic mass is 19.1. The Labute approximate surface area is 625 Å². The van der Waals surface area contributed by atoms with Crippen LogP contribution in [-0.2, 0) is 38.3 Å². The van der Waals surface area contributed by atoms with E-state index in [0.29, 0.717) is 64.0 Å². The van der Waals surface area contributed by atoms with Crippen molar-refractivity contribution in [3.8, 4) is 62.1 Å². The van der Waals surface area contributed by atoms with Crippen LogP contribution in [0.1, 0.15) is 88.0 Å². The van der Waals surface area contributed by atoms with Crippen LogP contribution in [0.2, 0.25) is 0 Å². The molecular weight excluding hydrogens is 1390 g/mol. The zero-order valence-electron chi connectivity index (χ0n) is 61.5. The number of hydrogen-bond acceptors (Lipinski definition) is 19. The number of nitrogens with zero attached hydrogens (tertiary/aromatic N) is 7. The monoisotopic (exact) mass is 1470 g/mol. The van der Waals surface area contributed by atoms with E-state index >= 15 is 0 Å². The molecule has 27 nitrogen and oxygen atoms in total. The second-order valence-corrected chi connectivity index (χ2v) is 25.4. The number of aromatic amines is 1. The molecule has 0 saturated heterocycles. The van der Waals surface area contributed by atoms with Crippen molar-refractivity contribution in [3.63, 3.8) is 0 Å². The number of rotatable bonds is 19. The molecule has 1 fully saturated rings. The molecule has 0 unspecified atom stereocenters. The quantitative estimate of drug-likeness (QED) is 0.0349. The average molecular weight is 1470 g/mol. The molecule has 28 heteroatoms. The van der Waals surface area contributed by atoms with Gasteiger partial charge in [-0.25, -0.2) is 24.3 Å². The number of amides is 7. The summed E-state index contributed by atoms with van der Waals surface area (Å²) >= 11 is 0. The minimum Gasteiger partial charge on any atom is -0.475 e. The Balaban J connectivity index is 0.000000155. The first-order chi connectivity index (χ1) is 52.3. The lowest BCUT2D eigenvalue weighted by molar-refractivity contribution is -0.115. The Morgan fingerprint density at radius 1 is 0.404 bits per heavy atom. The predicted molar refractivity (Wildman–Crippen MR) is 419 cm³/mol. The summed E-state index contributed by atoms with van der Waals surface area (Å²) in [6, 6.07) is 51.3. The van der Waals surface area contributed by atoms with Gasteiger partial charge in [0.25, 0.3) is 5.56 Å². The van der Waals surface area contributed by atoms with Gasteiger partial charge in [0.2, 0.25) is 82.8 Å². The second-order valence-electron chi connectivity index (χ2n) is 25.4. The van der Waals surface area contributed by atoms with Crippen molar-refractivity contribution in [1.82, 2.24) is 39.9 Å². The summed E-state index contributed by atoms with van der Waals surface area (Å²) in [6.07, 6.45) is 4.34. The van der Waals surface area contributed by atoms with Crippen molar-refractivity contribution in [3.05, 3.63) is 186 Å². The van der Waals surface area contributed by atoms with E-state index < -0.39 is 0 Å². The van der Waals surface area contributed by atoms with Crippen LogP contribution in [0.5, 0.6) is 17.6 Å². The van der Waals surface area contributed by atoms with E-state index in [4.69, 9.17) is 18.9 Å². The highest BCUT2D eigenvalue weighted by Gasteiger charge is 2.22. The van der Waals surface area contributed by atoms with Gasteiger partial charge in [0.05, 0.1) is 56.3 Å². The highest BCUT2D eigenvalue weighted by molar-refractivity contribution is 5.97. The van der Waals surface area contributed by atoms with Gasteiger partial charge in [-0.2, -0.15) is 15.0 Å². The number of H-pyrrole nitrogens is 1. The number of nitrogens with one attached hydrogen (secondary N) is 8. The summed E-state index contributed by atoms with van der Waals surface area (Å²) in [6.45, 7) is 14.5. The molecule has 13 rings (SSSR count). The molecule has 0 spiro atoms. The Hall–Kier alpha value is -13.5. The predicted octanol–water partition coefficient (Wildman–Crippen LogP) is 14.5. The fourth-order valence-corrected chi connectivity index (χ4v) is 11.4. The van der Waals surface area contributed by atoms with Gasteiger partial charge in [-0.1, -0.05) is 72.8 Å². The van der Waals surface area contributed by atoms with Gasteiger partial charge >= 0.3 is 0 Å².